The Bertz CT molecular complexity index is 988. The zero-order chi connectivity index (χ0) is 21.3. The van der Waals surface area contributed by atoms with Gasteiger partial charge in [-0.3, -0.25) is 9.59 Å². The van der Waals surface area contributed by atoms with Crippen LogP contribution in [-0.4, -0.2) is 32.1 Å². The van der Waals surface area contributed by atoms with Crippen molar-refractivity contribution >= 4 is 23.2 Å². The molecular formula is C24H24N2O4. The van der Waals surface area contributed by atoms with Gasteiger partial charge in [0.05, 0.1) is 0 Å². The van der Waals surface area contributed by atoms with Gasteiger partial charge in [-0.15, -0.1) is 0 Å². The Hall–Kier alpha value is -3.80. The average molecular weight is 404 g/mol. The molecule has 0 spiro atoms. The maximum atomic E-state index is 12.6. The molecule has 1 N–H and O–H groups in total. The largest absolute Gasteiger partial charge is 0.490 e. The predicted molar refractivity (Wildman–Crippen MR) is 117 cm³/mol. The van der Waals surface area contributed by atoms with E-state index in [1.165, 1.54) is 11.8 Å². The lowest BCUT2D eigenvalue weighted by Gasteiger charge is -2.15. The number of para-hydroxylation sites is 1. The Kier molecular flexibility index (Phi) is 7.05. The SMILES string of the molecule is CC(=O)N(C)c1ccc(NC(=O)c2cccc(OCCOc3ccccc3)c2)cc1. The van der Waals surface area contributed by atoms with Crippen molar-refractivity contribution in [2.75, 3.05) is 30.5 Å². The van der Waals surface area contributed by atoms with Gasteiger partial charge in [0.25, 0.3) is 5.91 Å². The number of hydrogen-bond acceptors (Lipinski definition) is 4. The smallest absolute Gasteiger partial charge is 0.255 e. The summed E-state index contributed by atoms with van der Waals surface area (Å²) in [5.74, 6) is 1.08. The van der Waals surface area contributed by atoms with Gasteiger partial charge in [-0.1, -0.05) is 24.3 Å². The molecular weight excluding hydrogens is 380 g/mol. The monoisotopic (exact) mass is 404 g/mol. The molecule has 3 aromatic rings. The Morgan fingerprint density at radius 3 is 2.13 bits per heavy atom. The van der Waals surface area contributed by atoms with E-state index in [2.05, 4.69) is 5.32 Å². The number of ether oxygens (including phenoxy) is 2. The third kappa shape index (κ3) is 5.85. The minimum Gasteiger partial charge on any atom is -0.490 e. The number of carbonyl (C=O) groups excluding carboxylic acids is 2. The summed E-state index contributed by atoms with van der Waals surface area (Å²) in [7, 11) is 1.70. The lowest BCUT2D eigenvalue weighted by Crippen LogP contribution is -2.22. The van der Waals surface area contributed by atoms with E-state index in [0.29, 0.717) is 30.2 Å². The number of benzene rings is 3. The number of carbonyl (C=O) groups is 2. The Balaban J connectivity index is 1.53. The molecule has 0 aliphatic heterocycles. The van der Waals surface area contributed by atoms with Gasteiger partial charge in [-0.25, -0.2) is 0 Å². The molecule has 0 fully saturated rings. The minimum absolute atomic E-state index is 0.0576. The van der Waals surface area contributed by atoms with Crippen molar-refractivity contribution in [1.82, 2.24) is 0 Å². The van der Waals surface area contributed by atoms with Gasteiger partial charge in [-0.2, -0.15) is 0 Å². The second-order valence-electron chi connectivity index (χ2n) is 6.62. The van der Waals surface area contributed by atoms with Crippen LogP contribution in [0.4, 0.5) is 11.4 Å². The average Bonchev–Trinajstić information content (AvgIpc) is 2.77. The maximum absolute atomic E-state index is 12.6. The van der Waals surface area contributed by atoms with Crippen molar-refractivity contribution in [1.29, 1.82) is 0 Å². The van der Waals surface area contributed by atoms with Crippen LogP contribution in [0.3, 0.4) is 0 Å². The van der Waals surface area contributed by atoms with Crippen LogP contribution >= 0.6 is 0 Å². The Morgan fingerprint density at radius 2 is 1.47 bits per heavy atom. The topological polar surface area (TPSA) is 67.9 Å². The van der Waals surface area contributed by atoms with E-state index >= 15 is 0 Å². The highest BCUT2D eigenvalue weighted by Gasteiger charge is 2.09. The molecule has 0 aliphatic carbocycles. The van der Waals surface area contributed by atoms with Crippen molar-refractivity contribution in [2.24, 2.45) is 0 Å². The molecule has 0 saturated heterocycles. The highest BCUT2D eigenvalue weighted by molar-refractivity contribution is 6.04. The number of anilines is 2. The number of rotatable bonds is 8. The second kappa shape index (κ2) is 10.1. The van der Waals surface area contributed by atoms with Crippen molar-refractivity contribution in [3.05, 3.63) is 84.4 Å². The molecule has 3 aromatic carbocycles. The first kappa shape index (κ1) is 20.9. The van der Waals surface area contributed by atoms with Crippen LogP contribution in [0, 0.1) is 0 Å². The molecule has 0 radical (unpaired) electrons. The van der Waals surface area contributed by atoms with E-state index in [4.69, 9.17) is 9.47 Å². The van der Waals surface area contributed by atoms with E-state index < -0.39 is 0 Å². The molecule has 0 bridgehead atoms. The first-order chi connectivity index (χ1) is 14.5. The molecule has 2 amide bonds. The third-order valence-electron chi connectivity index (χ3n) is 4.45. The normalized spacial score (nSPS) is 10.2. The van der Waals surface area contributed by atoms with Crippen LogP contribution in [0.25, 0.3) is 0 Å². The van der Waals surface area contributed by atoms with Gasteiger partial charge in [0.2, 0.25) is 5.91 Å². The van der Waals surface area contributed by atoms with Crippen LogP contribution in [0.2, 0.25) is 0 Å². The molecule has 154 valence electrons. The fourth-order valence-electron chi connectivity index (χ4n) is 2.72. The van der Waals surface area contributed by atoms with Crippen LogP contribution in [0.5, 0.6) is 11.5 Å². The summed E-state index contributed by atoms with van der Waals surface area (Å²) in [4.78, 5) is 25.5. The number of nitrogens with one attached hydrogen (secondary N) is 1. The third-order valence-corrected chi connectivity index (χ3v) is 4.45. The summed E-state index contributed by atoms with van der Waals surface area (Å²) in [6, 6.07) is 23.6. The molecule has 30 heavy (non-hydrogen) atoms. The Morgan fingerprint density at radius 1 is 0.833 bits per heavy atom. The molecule has 6 nitrogen and oxygen atoms in total. The van der Waals surface area contributed by atoms with Gasteiger partial charge in [0, 0.05) is 30.9 Å². The van der Waals surface area contributed by atoms with E-state index in [1.807, 2.05) is 30.3 Å². The fourth-order valence-corrected chi connectivity index (χ4v) is 2.72. The summed E-state index contributed by atoms with van der Waals surface area (Å²) in [6.45, 7) is 2.27. The first-order valence-corrected chi connectivity index (χ1v) is 9.59. The van der Waals surface area contributed by atoms with Crippen molar-refractivity contribution in [3.8, 4) is 11.5 Å². The van der Waals surface area contributed by atoms with Gasteiger partial charge < -0.3 is 19.7 Å². The molecule has 0 aliphatic rings. The van der Waals surface area contributed by atoms with Crippen LogP contribution in [0.1, 0.15) is 17.3 Å². The standard InChI is InChI=1S/C24H24N2O4/c1-18(27)26(2)21-13-11-20(12-14-21)25-24(28)19-7-6-10-23(17-19)30-16-15-29-22-8-4-3-5-9-22/h3-14,17H,15-16H2,1-2H3,(H,25,28). The summed E-state index contributed by atoms with van der Waals surface area (Å²) < 4.78 is 11.3. The highest BCUT2D eigenvalue weighted by Crippen LogP contribution is 2.19. The molecule has 6 heteroatoms. The molecule has 0 heterocycles. The Labute approximate surface area is 176 Å². The predicted octanol–water partition coefficient (Wildman–Crippen LogP) is 4.38. The summed E-state index contributed by atoms with van der Waals surface area (Å²) in [6.07, 6.45) is 0. The van der Waals surface area contributed by atoms with Crippen LogP contribution in [-0.2, 0) is 4.79 Å². The summed E-state index contributed by atoms with van der Waals surface area (Å²) in [5, 5.41) is 2.85. The maximum Gasteiger partial charge on any atom is 0.255 e. The highest BCUT2D eigenvalue weighted by atomic mass is 16.5. The van der Waals surface area contributed by atoms with E-state index in [9.17, 15) is 9.59 Å². The molecule has 3 rings (SSSR count). The second-order valence-corrected chi connectivity index (χ2v) is 6.62. The summed E-state index contributed by atoms with van der Waals surface area (Å²) >= 11 is 0. The zero-order valence-corrected chi connectivity index (χ0v) is 17.0. The molecule has 0 unspecified atom stereocenters. The van der Waals surface area contributed by atoms with Crippen molar-refractivity contribution in [3.63, 3.8) is 0 Å². The van der Waals surface area contributed by atoms with Crippen LogP contribution < -0.4 is 19.7 Å². The van der Waals surface area contributed by atoms with E-state index in [0.717, 1.165) is 11.4 Å². The zero-order valence-electron chi connectivity index (χ0n) is 17.0. The molecule has 0 saturated carbocycles. The summed E-state index contributed by atoms with van der Waals surface area (Å²) in [5.41, 5.74) is 1.89. The van der Waals surface area contributed by atoms with Gasteiger partial charge >= 0.3 is 0 Å². The number of nitrogens with zero attached hydrogens (tertiary/aromatic N) is 1. The minimum atomic E-state index is -0.242. The van der Waals surface area contributed by atoms with Crippen molar-refractivity contribution < 1.29 is 19.1 Å². The fraction of sp³-hybridized carbons (Fsp3) is 0.167. The van der Waals surface area contributed by atoms with Gasteiger partial charge in [0.1, 0.15) is 24.7 Å². The quantitative estimate of drug-likeness (QED) is 0.566. The number of amides is 2. The lowest BCUT2D eigenvalue weighted by atomic mass is 10.2. The van der Waals surface area contributed by atoms with Gasteiger partial charge in [0.15, 0.2) is 0 Å². The van der Waals surface area contributed by atoms with Crippen LogP contribution in [0.15, 0.2) is 78.9 Å². The lowest BCUT2D eigenvalue weighted by molar-refractivity contribution is -0.116. The van der Waals surface area contributed by atoms with E-state index in [-0.39, 0.29) is 11.8 Å². The van der Waals surface area contributed by atoms with Crippen molar-refractivity contribution in [2.45, 2.75) is 6.92 Å². The van der Waals surface area contributed by atoms with Gasteiger partial charge in [-0.05, 0) is 54.6 Å². The molecule has 0 aromatic heterocycles. The van der Waals surface area contributed by atoms with E-state index in [1.54, 1.807) is 55.6 Å². The number of hydrogen-bond donors (Lipinski definition) is 1. The molecule has 0 atom stereocenters. The first-order valence-electron chi connectivity index (χ1n) is 9.59.